The Labute approximate surface area is 66.5 Å². The lowest BCUT2D eigenvalue weighted by Gasteiger charge is -2.03. The molecule has 0 bridgehead atoms. The van der Waals surface area contributed by atoms with Gasteiger partial charge in [0.1, 0.15) is 5.16 Å². The van der Waals surface area contributed by atoms with Crippen LogP contribution in [-0.4, -0.2) is 12.0 Å². The summed E-state index contributed by atoms with van der Waals surface area (Å²) in [4.78, 5) is 2.86. The first-order chi connectivity index (χ1) is 4.88. The number of halogens is 4. The summed E-state index contributed by atoms with van der Waals surface area (Å²) in [5.74, 6) is -1.44. The first-order valence-electron chi connectivity index (χ1n) is 2.61. The molecule has 6 heteroatoms. The summed E-state index contributed by atoms with van der Waals surface area (Å²) in [6.45, 7) is 1.45. The van der Waals surface area contributed by atoms with Gasteiger partial charge in [0.15, 0.2) is 0 Å². The molecule has 64 valence electrons. The fraction of sp³-hybridized carbons (Fsp3) is 0.400. The highest BCUT2D eigenvalue weighted by Crippen LogP contribution is 2.16. The third-order valence-electron chi connectivity index (χ3n) is 0.756. The Balaban J connectivity index is 4.48. The Morgan fingerprint density at radius 3 is 2.27 bits per heavy atom. The lowest BCUT2D eigenvalue weighted by atomic mass is 10.6. The van der Waals surface area contributed by atoms with Gasteiger partial charge < -0.3 is 5.73 Å². The first kappa shape index (κ1) is 10.3. The second kappa shape index (κ2) is 3.61. The van der Waals surface area contributed by atoms with E-state index in [-0.39, 0.29) is 5.16 Å². The zero-order chi connectivity index (χ0) is 9.07. The lowest BCUT2D eigenvalue weighted by molar-refractivity contribution is -0.0598. The number of hydrogen-bond donors (Lipinski definition) is 1. The van der Waals surface area contributed by atoms with Crippen molar-refractivity contribution in [2.24, 2.45) is 10.7 Å². The van der Waals surface area contributed by atoms with Crippen LogP contribution in [0, 0.1) is 0 Å². The number of hydrogen-bond acceptors (Lipinski definition) is 1. The molecule has 0 saturated carbocycles. The second-order valence-electron chi connectivity index (χ2n) is 1.61. The average Bonchev–Trinajstić information content (AvgIpc) is 1.85. The summed E-state index contributed by atoms with van der Waals surface area (Å²) < 4.78 is 34.8. The molecular formula is C5H6ClF3N2. The third kappa shape index (κ3) is 3.87. The molecule has 0 radical (unpaired) electrons. The number of alkyl halides is 3. The van der Waals surface area contributed by atoms with E-state index >= 15 is 0 Å². The molecule has 0 amide bonds. The van der Waals surface area contributed by atoms with Crippen molar-refractivity contribution in [2.75, 3.05) is 0 Å². The quantitative estimate of drug-likeness (QED) is 0.380. The highest BCUT2D eigenvalue weighted by Gasteiger charge is 2.33. The molecule has 0 aliphatic carbocycles. The largest absolute Gasteiger partial charge is 0.449 e. The van der Waals surface area contributed by atoms with Crippen LogP contribution in [0.15, 0.2) is 16.2 Å². The highest BCUT2D eigenvalue weighted by molar-refractivity contribution is 6.30. The Bertz CT molecular complexity index is 194. The van der Waals surface area contributed by atoms with E-state index in [4.69, 9.17) is 11.6 Å². The summed E-state index contributed by atoms with van der Waals surface area (Å²) in [6, 6.07) is 0. The van der Waals surface area contributed by atoms with E-state index in [1.54, 1.807) is 0 Å². The fourth-order valence-corrected chi connectivity index (χ4v) is 0.334. The summed E-state index contributed by atoms with van der Waals surface area (Å²) in [7, 11) is 0. The molecule has 11 heavy (non-hydrogen) atoms. The van der Waals surface area contributed by atoms with Crippen LogP contribution in [0.5, 0.6) is 0 Å². The van der Waals surface area contributed by atoms with Crippen molar-refractivity contribution >= 4 is 17.4 Å². The maximum absolute atomic E-state index is 11.6. The summed E-state index contributed by atoms with van der Waals surface area (Å²) in [5.41, 5.74) is 4.53. The standard InChI is InChI=1S/C5H6ClF3N2/c1-2-3(6)11-4(10)5(7,8)9/h2H,1H3,(H2,10,11)/b3-2+. The Kier molecular flexibility index (Phi) is 3.38. The van der Waals surface area contributed by atoms with Crippen LogP contribution < -0.4 is 5.73 Å². The highest BCUT2D eigenvalue weighted by atomic mass is 35.5. The molecule has 0 unspecified atom stereocenters. The molecular weight excluding hydrogens is 181 g/mol. The van der Waals surface area contributed by atoms with E-state index in [1.165, 1.54) is 13.0 Å². The predicted octanol–water partition coefficient (Wildman–Crippen LogP) is 2.01. The summed E-state index contributed by atoms with van der Waals surface area (Å²) in [6.07, 6.45) is -3.40. The SMILES string of the molecule is C/C=C(Cl)/N=C(/N)C(F)(F)F. The van der Waals surface area contributed by atoms with Gasteiger partial charge in [0.25, 0.3) is 0 Å². The fourth-order valence-electron chi connectivity index (χ4n) is 0.243. The lowest BCUT2D eigenvalue weighted by Crippen LogP contribution is -2.31. The van der Waals surface area contributed by atoms with E-state index in [2.05, 4.69) is 10.7 Å². The van der Waals surface area contributed by atoms with Crippen molar-refractivity contribution in [1.29, 1.82) is 0 Å². The van der Waals surface area contributed by atoms with Gasteiger partial charge in [0.05, 0.1) is 0 Å². The third-order valence-corrected chi connectivity index (χ3v) is 1.06. The molecule has 0 aromatic carbocycles. The minimum Gasteiger partial charge on any atom is -0.380 e. The van der Waals surface area contributed by atoms with Crippen LogP contribution in [0.25, 0.3) is 0 Å². The van der Waals surface area contributed by atoms with Crippen molar-refractivity contribution < 1.29 is 13.2 Å². The molecule has 0 spiro atoms. The van der Waals surface area contributed by atoms with Crippen LogP contribution in [0.3, 0.4) is 0 Å². The maximum Gasteiger partial charge on any atom is 0.449 e. The molecule has 0 aliphatic rings. The number of amidine groups is 1. The van der Waals surface area contributed by atoms with Crippen LogP contribution in [-0.2, 0) is 0 Å². The van der Waals surface area contributed by atoms with Gasteiger partial charge in [-0.2, -0.15) is 13.2 Å². The van der Waals surface area contributed by atoms with Gasteiger partial charge in [-0.1, -0.05) is 17.7 Å². The molecule has 0 rings (SSSR count). The molecule has 0 aliphatic heterocycles. The van der Waals surface area contributed by atoms with Crippen molar-refractivity contribution in [2.45, 2.75) is 13.1 Å². The Hall–Kier alpha value is -0.710. The smallest absolute Gasteiger partial charge is 0.380 e. The van der Waals surface area contributed by atoms with Gasteiger partial charge in [-0.15, -0.1) is 0 Å². The van der Waals surface area contributed by atoms with E-state index in [0.717, 1.165) is 0 Å². The van der Waals surface area contributed by atoms with Crippen LogP contribution >= 0.6 is 11.6 Å². The first-order valence-corrected chi connectivity index (χ1v) is 2.99. The zero-order valence-electron chi connectivity index (χ0n) is 5.61. The van der Waals surface area contributed by atoms with E-state index in [0.29, 0.717) is 0 Å². The monoisotopic (exact) mass is 186 g/mol. The van der Waals surface area contributed by atoms with E-state index in [9.17, 15) is 13.2 Å². The van der Waals surface area contributed by atoms with Gasteiger partial charge in [-0.05, 0) is 6.92 Å². The Morgan fingerprint density at radius 1 is 1.55 bits per heavy atom. The summed E-state index contributed by atoms with van der Waals surface area (Å²) >= 11 is 5.16. The second-order valence-corrected chi connectivity index (χ2v) is 1.99. The molecule has 0 atom stereocenters. The molecule has 2 N–H and O–H groups in total. The van der Waals surface area contributed by atoms with Gasteiger partial charge in [0.2, 0.25) is 5.84 Å². The number of rotatable bonds is 1. The molecule has 0 aromatic heterocycles. The van der Waals surface area contributed by atoms with E-state index in [1.807, 2.05) is 0 Å². The summed E-state index contributed by atoms with van der Waals surface area (Å²) in [5, 5.41) is -0.278. The number of allylic oxidation sites excluding steroid dienone is 1. The number of nitrogens with two attached hydrogens (primary N) is 1. The minimum atomic E-state index is -4.61. The van der Waals surface area contributed by atoms with Gasteiger partial charge >= 0.3 is 6.18 Å². The minimum absolute atomic E-state index is 0.278. The molecule has 2 nitrogen and oxygen atoms in total. The van der Waals surface area contributed by atoms with Crippen molar-refractivity contribution in [1.82, 2.24) is 0 Å². The normalized spacial score (nSPS) is 15.4. The van der Waals surface area contributed by atoms with Crippen molar-refractivity contribution in [3.63, 3.8) is 0 Å². The van der Waals surface area contributed by atoms with Gasteiger partial charge in [-0.25, -0.2) is 4.99 Å². The predicted molar refractivity (Wildman–Crippen MR) is 37.3 cm³/mol. The van der Waals surface area contributed by atoms with Gasteiger partial charge in [-0.3, -0.25) is 0 Å². The number of aliphatic imine (C=N–C) groups is 1. The molecule has 0 fully saturated rings. The Morgan fingerprint density at radius 2 is 2.00 bits per heavy atom. The van der Waals surface area contributed by atoms with Crippen LogP contribution in [0.2, 0.25) is 0 Å². The van der Waals surface area contributed by atoms with Crippen molar-refractivity contribution in [3.05, 3.63) is 11.2 Å². The average molecular weight is 187 g/mol. The zero-order valence-corrected chi connectivity index (χ0v) is 6.37. The maximum atomic E-state index is 11.6. The molecule has 0 saturated heterocycles. The number of nitrogens with zero attached hydrogens (tertiary/aromatic N) is 1. The molecule has 0 aromatic rings. The molecule has 0 heterocycles. The van der Waals surface area contributed by atoms with Crippen LogP contribution in [0.1, 0.15) is 6.92 Å². The van der Waals surface area contributed by atoms with Gasteiger partial charge in [0, 0.05) is 0 Å². The topological polar surface area (TPSA) is 38.4 Å². The van der Waals surface area contributed by atoms with E-state index < -0.39 is 12.0 Å². The van der Waals surface area contributed by atoms with Crippen LogP contribution in [0.4, 0.5) is 13.2 Å². The van der Waals surface area contributed by atoms with Crippen molar-refractivity contribution in [3.8, 4) is 0 Å².